The van der Waals surface area contributed by atoms with E-state index in [-0.39, 0.29) is 17.1 Å². The molecule has 1 aromatic heterocycles. The fourth-order valence-electron chi connectivity index (χ4n) is 8.17. The Bertz CT molecular complexity index is 765. The first kappa shape index (κ1) is 16.8. The number of piperidine rings is 1. The van der Waals surface area contributed by atoms with Crippen molar-refractivity contribution in [3.8, 4) is 0 Å². The molecule has 1 aromatic rings. The van der Waals surface area contributed by atoms with Gasteiger partial charge in [-0.05, 0) is 80.1 Å². The first-order chi connectivity index (χ1) is 13.1. The van der Waals surface area contributed by atoms with Gasteiger partial charge in [0.2, 0.25) is 0 Å². The minimum Gasteiger partial charge on any atom is -0.391 e. The summed E-state index contributed by atoms with van der Waals surface area (Å²) in [4.78, 5) is 14.8. The molecular weight excluding hydrogens is 336 g/mol. The number of β-amino-alcohol motifs (C(OH)–C–C–N with tert-alkyl or cyclic N) is 1. The van der Waals surface area contributed by atoms with Crippen LogP contribution in [0.15, 0.2) is 23.0 Å². The fraction of sp³-hybridized carbons (Fsp3) is 0.783. The van der Waals surface area contributed by atoms with Gasteiger partial charge in [-0.1, -0.05) is 6.07 Å². The van der Waals surface area contributed by atoms with Crippen molar-refractivity contribution in [2.24, 2.45) is 29.1 Å². The molecule has 1 saturated heterocycles. The van der Waals surface area contributed by atoms with Crippen LogP contribution in [-0.2, 0) is 6.54 Å². The summed E-state index contributed by atoms with van der Waals surface area (Å²) in [6.45, 7) is 3.75. The molecule has 4 nitrogen and oxygen atoms in total. The molecule has 3 atom stereocenters. The van der Waals surface area contributed by atoms with Crippen LogP contribution in [0.1, 0.15) is 56.6 Å². The second-order valence-electron chi connectivity index (χ2n) is 10.7. The van der Waals surface area contributed by atoms with Gasteiger partial charge in [0.1, 0.15) is 0 Å². The molecule has 0 spiro atoms. The number of aromatic nitrogens is 1. The normalized spacial score (nSPS) is 43.5. The van der Waals surface area contributed by atoms with E-state index in [1.165, 1.54) is 50.6 Å². The quantitative estimate of drug-likeness (QED) is 0.892. The SMILES string of the molecule is O=c1cccc2n1C[C@H]1C[C@@H]2CN(CC(O)C23CC4CC(CC(C4)C2)C3)C1. The van der Waals surface area contributed by atoms with Crippen LogP contribution in [0.5, 0.6) is 0 Å². The van der Waals surface area contributed by atoms with Crippen LogP contribution >= 0.6 is 0 Å². The maximum absolute atomic E-state index is 12.2. The molecule has 4 aliphatic carbocycles. The number of fused-ring (bicyclic) bond motifs is 4. The van der Waals surface area contributed by atoms with Gasteiger partial charge in [-0.25, -0.2) is 0 Å². The highest BCUT2D eigenvalue weighted by atomic mass is 16.3. The number of rotatable bonds is 3. The largest absolute Gasteiger partial charge is 0.391 e. The van der Waals surface area contributed by atoms with Crippen LogP contribution in [0.3, 0.4) is 0 Å². The summed E-state index contributed by atoms with van der Waals surface area (Å²) < 4.78 is 2.01. The first-order valence-corrected chi connectivity index (χ1v) is 11.2. The zero-order valence-corrected chi connectivity index (χ0v) is 16.2. The highest BCUT2D eigenvalue weighted by molar-refractivity contribution is 5.17. The minimum absolute atomic E-state index is 0.157. The van der Waals surface area contributed by atoms with Gasteiger partial charge < -0.3 is 9.67 Å². The fourth-order valence-corrected chi connectivity index (χ4v) is 8.17. The van der Waals surface area contributed by atoms with Gasteiger partial charge >= 0.3 is 0 Å². The maximum atomic E-state index is 12.2. The van der Waals surface area contributed by atoms with Crippen LogP contribution in [0, 0.1) is 29.1 Å². The molecule has 146 valence electrons. The third-order valence-corrected chi connectivity index (χ3v) is 8.78. The molecule has 4 saturated carbocycles. The zero-order chi connectivity index (χ0) is 18.2. The summed E-state index contributed by atoms with van der Waals surface area (Å²) in [5.74, 6) is 3.69. The molecule has 0 amide bonds. The van der Waals surface area contributed by atoms with Crippen molar-refractivity contribution in [2.45, 2.75) is 63.5 Å². The van der Waals surface area contributed by atoms with Gasteiger partial charge in [0.15, 0.2) is 0 Å². The van der Waals surface area contributed by atoms with Crippen LogP contribution in [0.4, 0.5) is 0 Å². The molecule has 6 bridgehead atoms. The van der Waals surface area contributed by atoms with Crippen molar-refractivity contribution in [2.75, 3.05) is 19.6 Å². The zero-order valence-electron chi connectivity index (χ0n) is 16.2. The van der Waals surface area contributed by atoms with Crippen molar-refractivity contribution in [3.63, 3.8) is 0 Å². The van der Waals surface area contributed by atoms with Crippen molar-refractivity contribution < 1.29 is 5.11 Å². The lowest BCUT2D eigenvalue weighted by atomic mass is 9.48. The summed E-state index contributed by atoms with van der Waals surface area (Å²) in [5, 5.41) is 11.4. The van der Waals surface area contributed by atoms with Crippen molar-refractivity contribution in [1.29, 1.82) is 0 Å². The number of aliphatic hydroxyl groups excluding tert-OH is 1. The Hall–Kier alpha value is -1.13. The van der Waals surface area contributed by atoms with Crippen molar-refractivity contribution in [3.05, 3.63) is 34.2 Å². The number of pyridine rings is 1. The molecule has 0 aromatic carbocycles. The first-order valence-electron chi connectivity index (χ1n) is 11.2. The molecule has 1 N–H and O–H groups in total. The van der Waals surface area contributed by atoms with Crippen molar-refractivity contribution >= 4 is 0 Å². The lowest BCUT2D eigenvalue weighted by Crippen LogP contribution is -2.56. The van der Waals surface area contributed by atoms with Gasteiger partial charge in [-0.15, -0.1) is 0 Å². The van der Waals surface area contributed by atoms with E-state index in [0.29, 0.717) is 11.8 Å². The van der Waals surface area contributed by atoms with Crippen LogP contribution in [0.25, 0.3) is 0 Å². The molecule has 2 aliphatic heterocycles. The average Bonchev–Trinajstić information content (AvgIpc) is 2.61. The second-order valence-corrected chi connectivity index (χ2v) is 10.7. The molecule has 1 unspecified atom stereocenters. The van der Waals surface area contributed by atoms with Crippen LogP contribution < -0.4 is 5.56 Å². The number of hydrogen-bond acceptors (Lipinski definition) is 3. The standard InChI is InChI=1S/C23H32N2O2/c26-21(23-8-15-4-16(9-23)6-17(5-15)10-23)14-24-11-18-7-19(13-24)20-2-1-3-22(27)25(20)12-18/h1-3,15-19,21,26H,4-14H2/t15?,16?,17?,18-,19+,21?,23?/m0/s1. The average molecular weight is 369 g/mol. The Morgan fingerprint density at radius 2 is 1.67 bits per heavy atom. The topological polar surface area (TPSA) is 45.5 Å². The van der Waals surface area contributed by atoms with Gasteiger partial charge in [0.05, 0.1) is 6.10 Å². The molecule has 3 heterocycles. The van der Waals surface area contributed by atoms with E-state index >= 15 is 0 Å². The number of nitrogens with zero attached hydrogens (tertiary/aromatic N) is 2. The Balaban J connectivity index is 1.20. The minimum atomic E-state index is -0.164. The van der Waals surface area contributed by atoms with E-state index in [1.807, 2.05) is 10.6 Å². The molecule has 4 heteroatoms. The highest BCUT2D eigenvalue weighted by Gasteiger charge is 2.54. The molecule has 27 heavy (non-hydrogen) atoms. The van der Waals surface area contributed by atoms with E-state index in [9.17, 15) is 9.90 Å². The molecule has 0 radical (unpaired) electrons. The lowest BCUT2D eigenvalue weighted by molar-refractivity contribution is -0.129. The molecule has 7 rings (SSSR count). The predicted molar refractivity (Wildman–Crippen MR) is 105 cm³/mol. The molecule has 5 fully saturated rings. The monoisotopic (exact) mass is 368 g/mol. The molecule has 6 aliphatic rings. The predicted octanol–water partition coefficient (Wildman–Crippen LogP) is 2.84. The highest BCUT2D eigenvalue weighted by Crippen LogP contribution is 2.61. The summed E-state index contributed by atoms with van der Waals surface area (Å²) in [7, 11) is 0. The maximum Gasteiger partial charge on any atom is 0.250 e. The van der Waals surface area contributed by atoms with E-state index in [2.05, 4.69) is 11.0 Å². The lowest BCUT2D eigenvalue weighted by Gasteiger charge is -2.59. The summed E-state index contributed by atoms with van der Waals surface area (Å²) in [5.41, 5.74) is 1.59. The van der Waals surface area contributed by atoms with Gasteiger partial charge in [-0.2, -0.15) is 0 Å². The van der Waals surface area contributed by atoms with Gasteiger partial charge in [0, 0.05) is 43.9 Å². The van der Waals surface area contributed by atoms with E-state index in [0.717, 1.165) is 43.9 Å². The summed E-state index contributed by atoms with van der Waals surface area (Å²) in [6, 6.07) is 5.75. The van der Waals surface area contributed by atoms with Crippen LogP contribution in [-0.4, -0.2) is 40.3 Å². The smallest absolute Gasteiger partial charge is 0.250 e. The van der Waals surface area contributed by atoms with E-state index in [4.69, 9.17) is 0 Å². The molecular formula is C23H32N2O2. The number of hydrogen-bond donors (Lipinski definition) is 1. The summed E-state index contributed by atoms with van der Waals surface area (Å²) in [6.07, 6.45) is 9.18. The van der Waals surface area contributed by atoms with E-state index in [1.54, 1.807) is 6.07 Å². The summed E-state index contributed by atoms with van der Waals surface area (Å²) >= 11 is 0. The van der Waals surface area contributed by atoms with Crippen LogP contribution in [0.2, 0.25) is 0 Å². The Morgan fingerprint density at radius 1 is 0.963 bits per heavy atom. The van der Waals surface area contributed by atoms with Gasteiger partial charge in [0.25, 0.3) is 5.56 Å². The third-order valence-electron chi connectivity index (χ3n) is 8.78. The van der Waals surface area contributed by atoms with Gasteiger partial charge in [-0.3, -0.25) is 9.69 Å². The number of likely N-dealkylation sites (tertiary alicyclic amines) is 1. The van der Waals surface area contributed by atoms with E-state index < -0.39 is 0 Å². The Kier molecular flexibility index (Phi) is 3.69. The third kappa shape index (κ3) is 2.66. The second kappa shape index (κ2) is 5.93. The van der Waals surface area contributed by atoms with Crippen molar-refractivity contribution in [1.82, 2.24) is 9.47 Å². The Morgan fingerprint density at radius 3 is 2.37 bits per heavy atom. The number of aliphatic hydroxyl groups is 1. The Labute approximate surface area is 161 Å².